The summed E-state index contributed by atoms with van der Waals surface area (Å²) in [5.41, 5.74) is 0. The van der Waals surface area contributed by atoms with Crippen molar-refractivity contribution in [2.45, 2.75) is 11.3 Å². The molecule has 1 aliphatic carbocycles. The van der Waals surface area contributed by atoms with Crippen molar-refractivity contribution in [3.05, 3.63) is 23.3 Å². The van der Waals surface area contributed by atoms with Crippen LogP contribution in [0.25, 0.3) is 0 Å². The number of hydrogen-bond donors (Lipinski definition) is 1. The molecule has 0 radical (unpaired) electrons. The van der Waals surface area contributed by atoms with E-state index < -0.39 is 10.8 Å². The summed E-state index contributed by atoms with van der Waals surface area (Å²) >= 11 is 11.3. The first-order chi connectivity index (χ1) is 5.04. The number of halogens is 2. The summed E-state index contributed by atoms with van der Waals surface area (Å²) in [6, 6.07) is 0. The number of aliphatic carboxylic acids is 1. The summed E-state index contributed by atoms with van der Waals surface area (Å²) in [6.07, 6.45) is 4.88. The molecule has 1 aliphatic rings. The lowest BCUT2D eigenvalue weighted by Crippen LogP contribution is -2.30. The highest BCUT2D eigenvalue weighted by Crippen LogP contribution is 2.29. The van der Waals surface area contributed by atoms with Crippen LogP contribution in [0.1, 0.15) is 6.42 Å². The number of carboxylic acid groups (broad SMARTS) is 1. The fraction of sp³-hybridized carbons (Fsp3) is 0.286. The van der Waals surface area contributed by atoms with E-state index in [1.165, 1.54) is 6.08 Å². The minimum absolute atomic E-state index is 0.278. The van der Waals surface area contributed by atoms with Crippen LogP contribution >= 0.6 is 23.2 Å². The Morgan fingerprint density at radius 3 is 2.73 bits per heavy atom. The van der Waals surface area contributed by atoms with Crippen LogP contribution in [0.3, 0.4) is 0 Å². The highest BCUT2D eigenvalue weighted by Gasteiger charge is 2.34. The molecule has 1 unspecified atom stereocenters. The van der Waals surface area contributed by atoms with Gasteiger partial charge in [0.05, 0.1) is 0 Å². The maximum absolute atomic E-state index is 10.6. The average molecular weight is 193 g/mol. The number of alkyl halides is 1. The van der Waals surface area contributed by atoms with E-state index in [1.54, 1.807) is 12.2 Å². The number of carbonyl (C=O) groups is 1. The minimum atomic E-state index is -1.34. The maximum Gasteiger partial charge on any atom is 0.329 e. The Kier molecular flexibility index (Phi) is 2.25. The van der Waals surface area contributed by atoms with E-state index in [0.29, 0.717) is 5.03 Å². The van der Waals surface area contributed by atoms with Crippen molar-refractivity contribution in [1.29, 1.82) is 0 Å². The van der Waals surface area contributed by atoms with Gasteiger partial charge in [0.25, 0.3) is 0 Å². The summed E-state index contributed by atoms with van der Waals surface area (Å²) in [7, 11) is 0. The molecule has 11 heavy (non-hydrogen) atoms. The van der Waals surface area contributed by atoms with E-state index >= 15 is 0 Å². The molecule has 0 heterocycles. The van der Waals surface area contributed by atoms with E-state index in [0.717, 1.165) is 0 Å². The second kappa shape index (κ2) is 2.88. The van der Waals surface area contributed by atoms with E-state index in [1.807, 2.05) is 0 Å². The highest BCUT2D eigenvalue weighted by atomic mass is 35.5. The van der Waals surface area contributed by atoms with E-state index in [4.69, 9.17) is 28.3 Å². The van der Waals surface area contributed by atoms with E-state index in [-0.39, 0.29) is 6.42 Å². The predicted molar refractivity (Wildman–Crippen MR) is 43.9 cm³/mol. The van der Waals surface area contributed by atoms with Gasteiger partial charge in [0.1, 0.15) is 0 Å². The van der Waals surface area contributed by atoms with Gasteiger partial charge in [-0.1, -0.05) is 17.7 Å². The molecule has 60 valence electrons. The van der Waals surface area contributed by atoms with Crippen molar-refractivity contribution < 1.29 is 9.90 Å². The van der Waals surface area contributed by atoms with Gasteiger partial charge < -0.3 is 5.11 Å². The van der Waals surface area contributed by atoms with Crippen molar-refractivity contribution in [3.63, 3.8) is 0 Å². The maximum atomic E-state index is 10.6. The van der Waals surface area contributed by atoms with Gasteiger partial charge in [0, 0.05) is 5.03 Å². The molecule has 0 aromatic heterocycles. The predicted octanol–water partition coefficient (Wildman–Crippen LogP) is 2.13. The Hall–Kier alpha value is -0.470. The van der Waals surface area contributed by atoms with Gasteiger partial charge >= 0.3 is 5.97 Å². The molecule has 4 heteroatoms. The molecule has 2 nitrogen and oxygen atoms in total. The molecular weight excluding hydrogens is 187 g/mol. The Bertz CT molecular complexity index is 245. The standard InChI is InChI=1S/C7H6Cl2O2/c8-5-2-1-3-7(9,4-5)6(10)11/h1-2,4H,3H2,(H,10,11). The fourth-order valence-electron chi connectivity index (χ4n) is 0.818. The van der Waals surface area contributed by atoms with Crippen LogP contribution in [0.4, 0.5) is 0 Å². The van der Waals surface area contributed by atoms with Crippen molar-refractivity contribution in [2.75, 3.05) is 0 Å². The molecule has 0 aliphatic heterocycles. The number of allylic oxidation sites excluding steroid dienone is 3. The molecule has 0 aromatic rings. The quantitative estimate of drug-likeness (QED) is 0.647. The van der Waals surface area contributed by atoms with Crippen LogP contribution in [0.15, 0.2) is 23.3 Å². The molecule has 1 rings (SSSR count). The van der Waals surface area contributed by atoms with E-state index in [2.05, 4.69) is 0 Å². The number of carboxylic acids is 1. The minimum Gasteiger partial charge on any atom is -0.480 e. The zero-order valence-electron chi connectivity index (χ0n) is 5.55. The normalized spacial score (nSPS) is 29.8. The summed E-state index contributed by atoms with van der Waals surface area (Å²) in [6.45, 7) is 0. The van der Waals surface area contributed by atoms with Crippen molar-refractivity contribution >= 4 is 29.2 Å². The topological polar surface area (TPSA) is 37.3 Å². The first kappa shape index (κ1) is 8.62. The SMILES string of the molecule is O=C(O)C1(Cl)C=C(Cl)C=CC1. The third-order valence-electron chi connectivity index (χ3n) is 1.41. The molecule has 0 saturated heterocycles. The van der Waals surface area contributed by atoms with Gasteiger partial charge in [0.15, 0.2) is 4.87 Å². The lowest BCUT2D eigenvalue weighted by molar-refractivity contribution is -0.138. The lowest BCUT2D eigenvalue weighted by Gasteiger charge is -2.18. The summed E-state index contributed by atoms with van der Waals surface area (Å²) < 4.78 is 0. The van der Waals surface area contributed by atoms with Crippen molar-refractivity contribution in [2.24, 2.45) is 0 Å². The van der Waals surface area contributed by atoms with Gasteiger partial charge in [-0.25, -0.2) is 4.79 Å². The Balaban J connectivity index is 2.92. The van der Waals surface area contributed by atoms with Crippen LogP contribution in [-0.2, 0) is 4.79 Å². The smallest absolute Gasteiger partial charge is 0.329 e. The van der Waals surface area contributed by atoms with Crippen LogP contribution < -0.4 is 0 Å². The Morgan fingerprint density at radius 1 is 1.73 bits per heavy atom. The zero-order valence-corrected chi connectivity index (χ0v) is 7.06. The van der Waals surface area contributed by atoms with Crippen LogP contribution in [0.2, 0.25) is 0 Å². The van der Waals surface area contributed by atoms with Gasteiger partial charge in [0.2, 0.25) is 0 Å². The third-order valence-corrected chi connectivity index (χ3v) is 2.07. The molecule has 1 atom stereocenters. The van der Waals surface area contributed by atoms with Crippen LogP contribution in [0.5, 0.6) is 0 Å². The number of hydrogen-bond acceptors (Lipinski definition) is 1. The molecule has 0 fully saturated rings. The average Bonchev–Trinajstić information content (AvgIpc) is 1.86. The van der Waals surface area contributed by atoms with Gasteiger partial charge in [-0.05, 0) is 18.6 Å². The van der Waals surface area contributed by atoms with Crippen LogP contribution in [-0.4, -0.2) is 16.0 Å². The molecule has 0 spiro atoms. The molecule has 0 aromatic carbocycles. The molecular formula is C7H6Cl2O2. The van der Waals surface area contributed by atoms with Gasteiger partial charge in [-0.3, -0.25) is 0 Å². The van der Waals surface area contributed by atoms with Gasteiger partial charge in [-0.2, -0.15) is 0 Å². The second-order valence-corrected chi connectivity index (χ2v) is 3.41. The number of rotatable bonds is 1. The molecule has 0 saturated carbocycles. The lowest BCUT2D eigenvalue weighted by atomic mass is 10.0. The van der Waals surface area contributed by atoms with Gasteiger partial charge in [-0.15, -0.1) is 11.6 Å². The summed E-state index contributed by atoms with van der Waals surface area (Å²) in [5, 5.41) is 9.02. The fourth-order valence-corrected chi connectivity index (χ4v) is 1.36. The monoisotopic (exact) mass is 192 g/mol. The molecule has 0 amide bonds. The second-order valence-electron chi connectivity index (χ2n) is 2.30. The third kappa shape index (κ3) is 1.76. The highest BCUT2D eigenvalue weighted by molar-refractivity contribution is 6.38. The first-order valence-corrected chi connectivity index (χ1v) is 3.77. The summed E-state index contributed by atoms with van der Waals surface area (Å²) in [5.74, 6) is -1.07. The largest absolute Gasteiger partial charge is 0.480 e. The van der Waals surface area contributed by atoms with Crippen molar-refractivity contribution in [3.8, 4) is 0 Å². The Labute approximate surface area is 74.1 Å². The first-order valence-electron chi connectivity index (χ1n) is 3.02. The van der Waals surface area contributed by atoms with Crippen LogP contribution in [0, 0.1) is 0 Å². The zero-order chi connectivity index (χ0) is 8.48. The van der Waals surface area contributed by atoms with Crippen molar-refractivity contribution in [1.82, 2.24) is 0 Å². The Morgan fingerprint density at radius 2 is 2.36 bits per heavy atom. The molecule has 0 bridgehead atoms. The molecule has 1 N–H and O–H groups in total. The van der Waals surface area contributed by atoms with E-state index in [9.17, 15) is 4.79 Å². The summed E-state index contributed by atoms with van der Waals surface area (Å²) in [4.78, 5) is 9.21.